The third-order valence-corrected chi connectivity index (χ3v) is 5.34. The zero-order valence-electron chi connectivity index (χ0n) is 14.7. The van der Waals surface area contributed by atoms with Gasteiger partial charge in [0.1, 0.15) is 0 Å². The summed E-state index contributed by atoms with van der Waals surface area (Å²) in [6.07, 6.45) is 2.76. The Hall–Kier alpha value is -1.59. The fourth-order valence-electron chi connectivity index (χ4n) is 3.95. The smallest absolute Gasteiger partial charge is 0.231 e. The summed E-state index contributed by atoms with van der Waals surface area (Å²) in [6.45, 7) is 5.89. The van der Waals surface area contributed by atoms with Crippen molar-refractivity contribution in [1.29, 1.82) is 0 Å². The van der Waals surface area contributed by atoms with Crippen LogP contribution in [0.25, 0.3) is 0 Å². The van der Waals surface area contributed by atoms with Crippen LogP contribution in [0.2, 0.25) is 0 Å². The number of piperidine rings is 1. The molecule has 0 bridgehead atoms. The molecule has 0 radical (unpaired) electrons. The first-order chi connectivity index (χ1) is 11.7. The SMILES string of the molecule is COCC1(C(=O)N2CCCN(c3ccccc3)CC2)CCNCC1. The van der Waals surface area contributed by atoms with Crippen LogP contribution in [-0.4, -0.2) is 63.8 Å². The maximum absolute atomic E-state index is 13.3. The number of nitrogens with zero attached hydrogens (tertiary/aromatic N) is 2. The van der Waals surface area contributed by atoms with E-state index in [0.717, 1.165) is 58.5 Å². The molecule has 0 aliphatic carbocycles. The fraction of sp³-hybridized carbons (Fsp3) is 0.632. The highest BCUT2D eigenvalue weighted by Gasteiger charge is 2.42. The Balaban J connectivity index is 1.67. The van der Waals surface area contributed by atoms with Crippen molar-refractivity contribution in [2.24, 2.45) is 5.41 Å². The Morgan fingerprint density at radius 3 is 2.58 bits per heavy atom. The number of benzene rings is 1. The highest BCUT2D eigenvalue weighted by atomic mass is 16.5. The maximum Gasteiger partial charge on any atom is 0.231 e. The van der Waals surface area contributed by atoms with Gasteiger partial charge in [0.25, 0.3) is 0 Å². The molecule has 0 aromatic heterocycles. The molecule has 2 aliphatic heterocycles. The number of para-hydroxylation sites is 1. The van der Waals surface area contributed by atoms with E-state index < -0.39 is 0 Å². The van der Waals surface area contributed by atoms with Crippen molar-refractivity contribution < 1.29 is 9.53 Å². The summed E-state index contributed by atoms with van der Waals surface area (Å²) in [5, 5.41) is 3.36. The van der Waals surface area contributed by atoms with Gasteiger partial charge in [0.05, 0.1) is 12.0 Å². The van der Waals surface area contributed by atoms with Crippen LogP contribution in [0, 0.1) is 5.41 Å². The number of rotatable bonds is 4. The van der Waals surface area contributed by atoms with Gasteiger partial charge in [0.2, 0.25) is 5.91 Å². The van der Waals surface area contributed by atoms with Crippen molar-refractivity contribution in [1.82, 2.24) is 10.2 Å². The third-order valence-electron chi connectivity index (χ3n) is 5.34. The van der Waals surface area contributed by atoms with Gasteiger partial charge in [-0.1, -0.05) is 18.2 Å². The lowest BCUT2D eigenvalue weighted by Gasteiger charge is -2.39. The summed E-state index contributed by atoms with van der Waals surface area (Å²) in [5.41, 5.74) is 0.919. The van der Waals surface area contributed by atoms with Gasteiger partial charge in [-0.3, -0.25) is 4.79 Å². The standard InChI is InChI=1S/C19H29N3O2/c1-24-16-19(8-10-20-11-9-19)18(23)22-13-5-12-21(14-15-22)17-6-3-2-4-7-17/h2-4,6-7,20H,5,8-16H2,1H3. The van der Waals surface area contributed by atoms with E-state index in [1.807, 2.05) is 6.07 Å². The van der Waals surface area contributed by atoms with Gasteiger partial charge < -0.3 is 19.9 Å². The van der Waals surface area contributed by atoms with E-state index in [0.29, 0.717) is 12.5 Å². The van der Waals surface area contributed by atoms with Crippen LogP contribution in [0.5, 0.6) is 0 Å². The molecule has 5 nitrogen and oxygen atoms in total. The average molecular weight is 331 g/mol. The largest absolute Gasteiger partial charge is 0.384 e. The minimum absolute atomic E-state index is 0.292. The zero-order chi connectivity index (χ0) is 16.8. The van der Waals surface area contributed by atoms with Crippen molar-refractivity contribution >= 4 is 11.6 Å². The minimum atomic E-state index is -0.331. The number of methoxy groups -OCH3 is 1. The van der Waals surface area contributed by atoms with Crippen molar-refractivity contribution in [3.8, 4) is 0 Å². The first kappa shape index (κ1) is 17.2. The number of anilines is 1. The summed E-state index contributed by atoms with van der Waals surface area (Å²) in [5.74, 6) is 0.292. The topological polar surface area (TPSA) is 44.8 Å². The molecule has 3 rings (SSSR count). The van der Waals surface area contributed by atoms with Crippen LogP contribution in [0.15, 0.2) is 30.3 Å². The second kappa shape index (κ2) is 7.99. The quantitative estimate of drug-likeness (QED) is 0.913. The summed E-state index contributed by atoms with van der Waals surface area (Å²) in [4.78, 5) is 17.7. The molecule has 1 N–H and O–H groups in total. The lowest BCUT2D eigenvalue weighted by Crippen LogP contribution is -2.52. The van der Waals surface area contributed by atoms with Gasteiger partial charge in [-0.15, -0.1) is 0 Å². The van der Waals surface area contributed by atoms with Gasteiger partial charge in [0.15, 0.2) is 0 Å². The number of amides is 1. The van der Waals surface area contributed by atoms with Crippen molar-refractivity contribution in [2.45, 2.75) is 19.3 Å². The predicted octanol–water partition coefficient (Wildman–Crippen LogP) is 1.74. The molecule has 0 atom stereocenters. The Morgan fingerprint density at radius 2 is 1.88 bits per heavy atom. The molecule has 0 spiro atoms. The summed E-state index contributed by atoms with van der Waals surface area (Å²) < 4.78 is 5.43. The van der Waals surface area contributed by atoms with E-state index >= 15 is 0 Å². The molecule has 24 heavy (non-hydrogen) atoms. The first-order valence-electron chi connectivity index (χ1n) is 9.04. The number of carbonyl (C=O) groups excluding carboxylic acids is 1. The molecular formula is C19H29N3O2. The summed E-state index contributed by atoms with van der Waals surface area (Å²) in [7, 11) is 1.70. The average Bonchev–Trinajstić information content (AvgIpc) is 2.89. The third kappa shape index (κ3) is 3.73. The van der Waals surface area contributed by atoms with E-state index in [4.69, 9.17) is 4.74 Å². The molecule has 1 aromatic rings. The number of carbonyl (C=O) groups is 1. The number of nitrogens with one attached hydrogen (secondary N) is 1. The Kier molecular flexibility index (Phi) is 5.74. The molecule has 1 aromatic carbocycles. The molecule has 1 amide bonds. The Labute approximate surface area is 145 Å². The van der Waals surface area contributed by atoms with Gasteiger partial charge in [-0.25, -0.2) is 0 Å². The second-order valence-corrected chi connectivity index (χ2v) is 6.93. The van der Waals surface area contributed by atoms with Crippen LogP contribution in [0.1, 0.15) is 19.3 Å². The Bertz CT molecular complexity index is 523. The monoisotopic (exact) mass is 331 g/mol. The van der Waals surface area contributed by atoms with Crippen molar-refractivity contribution in [2.75, 3.05) is 57.9 Å². The number of hydrogen-bond donors (Lipinski definition) is 1. The highest BCUT2D eigenvalue weighted by Crippen LogP contribution is 2.32. The molecule has 5 heteroatoms. The Morgan fingerprint density at radius 1 is 1.12 bits per heavy atom. The molecule has 2 saturated heterocycles. The summed E-state index contributed by atoms with van der Waals surface area (Å²) >= 11 is 0. The van der Waals surface area contributed by atoms with Gasteiger partial charge in [-0.2, -0.15) is 0 Å². The van der Waals surface area contributed by atoms with Crippen LogP contribution in [0.3, 0.4) is 0 Å². The molecule has 0 unspecified atom stereocenters. The van der Waals surface area contributed by atoms with Crippen LogP contribution >= 0.6 is 0 Å². The summed E-state index contributed by atoms with van der Waals surface area (Å²) in [6, 6.07) is 10.5. The van der Waals surface area contributed by atoms with E-state index in [9.17, 15) is 4.79 Å². The molecule has 0 saturated carbocycles. The normalized spacial score (nSPS) is 21.4. The van der Waals surface area contributed by atoms with Crippen LogP contribution in [-0.2, 0) is 9.53 Å². The van der Waals surface area contributed by atoms with Crippen LogP contribution < -0.4 is 10.2 Å². The molecule has 2 fully saturated rings. The van der Waals surface area contributed by atoms with Crippen molar-refractivity contribution in [3.63, 3.8) is 0 Å². The fourth-order valence-corrected chi connectivity index (χ4v) is 3.95. The zero-order valence-corrected chi connectivity index (χ0v) is 14.7. The lowest BCUT2D eigenvalue weighted by molar-refractivity contribution is -0.147. The number of hydrogen-bond acceptors (Lipinski definition) is 4. The maximum atomic E-state index is 13.3. The van der Waals surface area contributed by atoms with E-state index in [1.165, 1.54) is 5.69 Å². The van der Waals surface area contributed by atoms with Crippen molar-refractivity contribution in [3.05, 3.63) is 30.3 Å². The first-order valence-corrected chi connectivity index (χ1v) is 9.04. The van der Waals surface area contributed by atoms with Gasteiger partial charge in [0, 0.05) is 39.0 Å². The van der Waals surface area contributed by atoms with E-state index in [1.54, 1.807) is 7.11 Å². The molecule has 2 heterocycles. The predicted molar refractivity (Wildman–Crippen MR) is 96.3 cm³/mol. The minimum Gasteiger partial charge on any atom is -0.384 e. The van der Waals surface area contributed by atoms with Crippen LogP contribution in [0.4, 0.5) is 5.69 Å². The molecular weight excluding hydrogens is 302 g/mol. The molecule has 2 aliphatic rings. The van der Waals surface area contributed by atoms with E-state index in [2.05, 4.69) is 39.4 Å². The lowest BCUT2D eigenvalue weighted by atomic mass is 9.78. The highest BCUT2D eigenvalue weighted by molar-refractivity contribution is 5.83. The van der Waals surface area contributed by atoms with Gasteiger partial charge in [-0.05, 0) is 44.5 Å². The molecule has 132 valence electrons. The van der Waals surface area contributed by atoms with Gasteiger partial charge >= 0.3 is 0 Å². The number of ether oxygens (including phenoxy) is 1. The van der Waals surface area contributed by atoms with E-state index in [-0.39, 0.29) is 5.41 Å². The second-order valence-electron chi connectivity index (χ2n) is 6.93.